The average Bonchev–Trinajstić information content (AvgIpc) is 2.33. The molecule has 2 N–H and O–H groups in total. The Morgan fingerprint density at radius 2 is 2.00 bits per heavy atom. The molecule has 1 rings (SSSR count). The van der Waals surface area contributed by atoms with Crippen LogP contribution in [0.5, 0.6) is 0 Å². The molecule has 0 radical (unpaired) electrons. The number of hydrogen-bond donors (Lipinski definition) is 2. The topological polar surface area (TPSA) is 53.8 Å². The summed E-state index contributed by atoms with van der Waals surface area (Å²) in [5.74, 6) is 0. The van der Waals surface area contributed by atoms with Gasteiger partial charge in [0.25, 0.3) is 0 Å². The van der Waals surface area contributed by atoms with Crippen LogP contribution in [0.3, 0.4) is 0 Å². The van der Waals surface area contributed by atoms with Crippen LogP contribution < -0.4 is 5.32 Å². The molecule has 0 amide bonds. The number of aliphatic hydroxyl groups is 1. The van der Waals surface area contributed by atoms with Gasteiger partial charge in [-0.2, -0.15) is 0 Å². The van der Waals surface area contributed by atoms with Crippen molar-refractivity contribution < 1.29 is 9.94 Å². The zero-order chi connectivity index (χ0) is 14.3. The Morgan fingerprint density at radius 1 is 1.37 bits per heavy atom. The molecule has 0 aromatic heterocycles. The van der Waals surface area contributed by atoms with Crippen molar-refractivity contribution in [3.8, 4) is 0 Å². The van der Waals surface area contributed by atoms with E-state index < -0.39 is 6.10 Å². The van der Waals surface area contributed by atoms with E-state index in [1.165, 1.54) is 6.21 Å². The van der Waals surface area contributed by atoms with Gasteiger partial charge in [-0.15, -0.1) is 0 Å². The lowest BCUT2D eigenvalue weighted by Gasteiger charge is -2.21. The van der Waals surface area contributed by atoms with Crippen molar-refractivity contribution >= 4 is 17.8 Å². The third kappa shape index (κ3) is 7.82. The van der Waals surface area contributed by atoms with E-state index in [1.54, 1.807) is 12.1 Å². The number of nitrogens with one attached hydrogen (secondary N) is 1. The standard InChI is InChI=1S/C14H21ClN2O2/c1-14(2,3)16-8-13(18)9-17-19-10-11-4-6-12(15)7-5-11/h4-7,9,13,16,18H,8,10H2,1-3H3/b17-9-/t13-/m0/s1. The number of hydrogen-bond acceptors (Lipinski definition) is 4. The third-order valence-corrected chi connectivity index (χ3v) is 2.55. The van der Waals surface area contributed by atoms with Crippen LogP contribution in [-0.2, 0) is 11.4 Å². The Hall–Kier alpha value is -1.10. The fourth-order valence-corrected chi connectivity index (χ4v) is 1.40. The maximum atomic E-state index is 9.64. The minimum atomic E-state index is -0.663. The Morgan fingerprint density at radius 3 is 2.58 bits per heavy atom. The van der Waals surface area contributed by atoms with Gasteiger partial charge < -0.3 is 15.3 Å². The molecule has 0 aliphatic carbocycles. The molecule has 106 valence electrons. The maximum Gasteiger partial charge on any atom is 0.142 e. The van der Waals surface area contributed by atoms with Crippen LogP contribution in [0.2, 0.25) is 5.02 Å². The summed E-state index contributed by atoms with van der Waals surface area (Å²) in [4.78, 5) is 5.10. The van der Waals surface area contributed by atoms with Crippen LogP contribution in [0.4, 0.5) is 0 Å². The van der Waals surface area contributed by atoms with Crippen LogP contribution in [0.15, 0.2) is 29.4 Å². The minimum absolute atomic E-state index is 0.0288. The summed E-state index contributed by atoms with van der Waals surface area (Å²) in [6, 6.07) is 7.34. The molecule has 1 aromatic carbocycles. The number of aliphatic hydroxyl groups excluding tert-OH is 1. The molecule has 0 fully saturated rings. The van der Waals surface area contributed by atoms with Crippen LogP contribution >= 0.6 is 11.6 Å². The normalized spacial score (nSPS) is 13.7. The largest absolute Gasteiger partial charge is 0.391 e. The van der Waals surface area contributed by atoms with Gasteiger partial charge in [-0.3, -0.25) is 0 Å². The highest BCUT2D eigenvalue weighted by Gasteiger charge is 2.10. The molecule has 0 saturated carbocycles. The van der Waals surface area contributed by atoms with Gasteiger partial charge in [0.15, 0.2) is 0 Å². The van der Waals surface area contributed by atoms with Crippen molar-refractivity contribution in [1.82, 2.24) is 5.32 Å². The molecule has 0 bridgehead atoms. The van der Waals surface area contributed by atoms with Gasteiger partial charge in [-0.25, -0.2) is 0 Å². The first-order valence-corrected chi connectivity index (χ1v) is 6.57. The number of oxime groups is 1. The van der Waals surface area contributed by atoms with E-state index in [9.17, 15) is 5.11 Å². The van der Waals surface area contributed by atoms with Crippen molar-refractivity contribution in [1.29, 1.82) is 0 Å². The van der Waals surface area contributed by atoms with Crippen molar-refractivity contribution in [3.05, 3.63) is 34.9 Å². The lowest BCUT2D eigenvalue weighted by molar-refractivity contribution is 0.126. The number of β-amino-alcohol motifs (C(OH)–C–C–N with tert-alkyl or cyclic N) is 1. The molecule has 19 heavy (non-hydrogen) atoms. The Labute approximate surface area is 119 Å². The second-order valence-electron chi connectivity index (χ2n) is 5.35. The van der Waals surface area contributed by atoms with Gasteiger partial charge in [0, 0.05) is 17.1 Å². The van der Waals surface area contributed by atoms with Gasteiger partial charge in [-0.05, 0) is 38.5 Å². The molecule has 0 aliphatic heterocycles. The SMILES string of the molecule is CC(C)(C)NC[C@H](O)/C=N\OCc1ccc(Cl)cc1. The van der Waals surface area contributed by atoms with Crippen LogP contribution in [0.1, 0.15) is 26.3 Å². The Kier molecular flexibility index (Phi) is 6.28. The van der Waals surface area contributed by atoms with E-state index in [4.69, 9.17) is 16.4 Å². The molecule has 1 aromatic rings. The zero-order valence-corrected chi connectivity index (χ0v) is 12.3. The smallest absolute Gasteiger partial charge is 0.142 e. The minimum Gasteiger partial charge on any atom is -0.391 e. The van der Waals surface area contributed by atoms with Gasteiger partial charge >= 0.3 is 0 Å². The molecule has 0 aliphatic rings. The first-order chi connectivity index (χ1) is 8.87. The number of rotatable bonds is 6. The third-order valence-electron chi connectivity index (χ3n) is 2.29. The van der Waals surface area contributed by atoms with Gasteiger partial charge in [0.2, 0.25) is 0 Å². The molecule has 0 heterocycles. The quantitative estimate of drug-likeness (QED) is 0.624. The van der Waals surface area contributed by atoms with Gasteiger partial charge in [0.05, 0.1) is 6.21 Å². The fourth-order valence-electron chi connectivity index (χ4n) is 1.27. The predicted octanol–water partition coefficient (Wildman–Crippen LogP) is 2.59. The molecule has 5 heteroatoms. The highest BCUT2D eigenvalue weighted by molar-refractivity contribution is 6.30. The summed E-state index contributed by atoms with van der Waals surface area (Å²) in [5.41, 5.74) is 0.947. The Balaban J connectivity index is 2.24. The number of nitrogens with zero attached hydrogens (tertiary/aromatic N) is 1. The molecular formula is C14H21ClN2O2. The molecule has 0 saturated heterocycles. The Bertz CT molecular complexity index is 399. The number of halogens is 1. The zero-order valence-electron chi connectivity index (χ0n) is 11.6. The first kappa shape index (κ1) is 16.0. The fraction of sp³-hybridized carbons (Fsp3) is 0.500. The molecule has 0 spiro atoms. The van der Waals surface area contributed by atoms with Crippen molar-refractivity contribution in [2.24, 2.45) is 5.16 Å². The lowest BCUT2D eigenvalue weighted by atomic mass is 10.1. The molecule has 4 nitrogen and oxygen atoms in total. The molecule has 1 atom stereocenters. The van der Waals surface area contributed by atoms with E-state index in [0.717, 1.165) is 5.56 Å². The van der Waals surface area contributed by atoms with Crippen molar-refractivity contribution in [2.45, 2.75) is 39.0 Å². The van der Waals surface area contributed by atoms with E-state index in [0.29, 0.717) is 18.2 Å². The summed E-state index contributed by atoms with van der Waals surface area (Å²) in [6.45, 7) is 6.90. The van der Waals surface area contributed by atoms with Crippen LogP contribution in [-0.4, -0.2) is 29.5 Å². The maximum absolute atomic E-state index is 9.64. The summed E-state index contributed by atoms with van der Waals surface area (Å²) >= 11 is 5.78. The predicted molar refractivity (Wildman–Crippen MR) is 78.5 cm³/mol. The highest BCUT2D eigenvalue weighted by Crippen LogP contribution is 2.10. The van der Waals surface area contributed by atoms with E-state index >= 15 is 0 Å². The van der Waals surface area contributed by atoms with Crippen molar-refractivity contribution in [3.63, 3.8) is 0 Å². The second kappa shape index (κ2) is 7.48. The van der Waals surface area contributed by atoms with E-state index in [1.807, 2.05) is 32.9 Å². The van der Waals surface area contributed by atoms with Crippen molar-refractivity contribution in [2.75, 3.05) is 6.54 Å². The monoisotopic (exact) mass is 284 g/mol. The summed E-state index contributed by atoms with van der Waals surface area (Å²) in [6.07, 6.45) is 0.721. The molecule has 0 unspecified atom stereocenters. The highest BCUT2D eigenvalue weighted by atomic mass is 35.5. The van der Waals surface area contributed by atoms with Crippen LogP contribution in [0, 0.1) is 0 Å². The average molecular weight is 285 g/mol. The summed E-state index contributed by atoms with van der Waals surface area (Å²) in [7, 11) is 0. The number of benzene rings is 1. The first-order valence-electron chi connectivity index (χ1n) is 6.20. The lowest BCUT2D eigenvalue weighted by Crippen LogP contribution is -2.41. The van der Waals surface area contributed by atoms with Crippen LogP contribution in [0.25, 0.3) is 0 Å². The van der Waals surface area contributed by atoms with Gasteiger partial charge in [-0.1, -0.05) is 28.9 Å². The summed E-state index contributed by atoms with van der Waals surface area (Å²) in [5, 5.41) is 17.2. The van der Waals surface area contributed by atoms with Gasteiger partial charge in [0.1, 0.15) is 12.7 Å². The second-order valence-corrected chi connectivity index (χ2v) is 5.79. The van der Waals surface area contributed by atoms with E-state index in [-0.39, 0.29) is 5.54 Å². The molecular weight excluding hydrogens is 264 g/mol. The van der Waals surface area contributed by atoms with E-state index in [2.05, 4.69) is 10.5 Å². The summed E-state index contributed by atoms with van der Waals surface area (Å²) < 4.78 is 0.